The Morgan fingerprint density at radius 3 is 2.50 bits per heavy atom. The summed E-state index contributed by atoms with van der Waals surface area (Å²) < 4.78 is 21.9. The van der Waals surface area contributed by atoms with Crippen LogP contribution in [0.2, 0.25) is 0 Å². The van der Waals surface area contributed by atoms with Crippen LogP contribution in [0, 0.1) is 0 Å². The Morgan fingerprint density at radius 2 is 1.88 bits per heavy atom. The van der Waals surface area contributed by atoms with Gasteiger partial charge >= 0.3 is 0 Å². The number of aryl methyl sites for hydroxylation is 1. The van der Waals surface area contributed by atoms with Gasteiger partial charge in [-0.25, -0.2) is 4.39 Å². The SMILES string of the molecule is CCn1nccc1C(=O)N1CCC(F)(C(=O)N2CCOCC2)CC1. The third-order valence-corrected chi connectivity index (χ3v) is 4.76. The van der Waals surface area contributed by atoms with Crippen LogP contribution in [0.15, 0.2) is 12.3 Å². The molecule has 1 aromatic rings. The highest BCUT2D eigenvalue weighted by molar-refractivity contribution is 5.93. The minimum Gasteiger partial charge on any atom is -0.378 e. The van der Waals surface area contributed by atoms with E-state index in [2.05, 4.69) is 5.10 Å². The summed E-state index contributed by atoms with van der Waals surface area (Å²) in [4.78, 5) is 28.2. The maximum absolute atomic E-state index is 15.1. The molecule has 3 rings (SSSR count). The maximum Gasteiger partial charge on any atom is 0.272 e. The summed E-state index contributed by atoms with van der Waals surface area (Å²) in [5, 5.41) is 4.09. The molecule has 0 saturated carbocycles. The van der Waals surface area contributed by atoms with Gasteiger partial charge < -0.3 is 14.5 Å². The van der Waals surface area contributed by atoms with E-state index in [4.69, 9.17) is 4.74 Å². The summed E-state index contributed by atoms with van der Waals surface area (Å²) in [7, 11) is 0. The molecule has 2 aliphatic rings. The minimum absolute atomic E-state index is 0.0369. The topological polar surface area (TPSA) is 67.7 Å². The number of aromatic nitrogens is 2. The van der Waals surface area contributed by atoms with Crippen molar-refractivity contribution in [1.29, 1.82) is 0 Å². The van der Waals surface area contributed by atoms with Crippen molar-refractivity contribution in [1.82, 2.24) is 19.6 Å². The van der Waals surface area contributed by atoms with Crippen molar-refractivity contribution in [2.24, 2.45) is 0 Å². The molecular weight excluding hydrogens is 315 g/mol. The van der Waals surface area contributed by atoms with Gasteiger partial charge in [0.25, 0.3) is 11.8 Å². The molecule has 0 spiro atoms. The largest absolute Gasteiger partial charge is 0.378 e. The first-order chi connectivity index (χ1) is 11.5. The van der Waals surface area contributed by atoms with Crippen LogP contribution in [-0.2, 0) is 16.1 Å². The number of likely N-dealkylation sites (tertiary alicyclic amines) is 1. The molecule has 2 aliphatic heterocycles. The number of nitrogens with zero attached hydrogens (tertiary/aromatic N) is 4. The number of carbonyl (C=O) groups excluding carboxylic acids is 2. The predicted octanol–water partition coefficient (Wildman–Crippen LogP) is 0.706. The lowest BCUT2D eigenvalue weighted by Crippen LogP contribution is -2.55. The number of piperidine rings is 1. The average molecular weight is 338 g/mol. The van der Waals surface area contributed by atoms with E-state index in [1.807, 2.05) is 6.92 Å². The number of amides is 2. The van der Waals surface area contributed by atoms with Gasteiger partial charge in [-0.3, -0.25) is 14.3 Å². The molecule has 2 saturated heterocycles. The van der Waals surface area contributed by atoms with Gasteiger partial charge in [0.15, 0.2) is 5.67 Å². The highest BCUT2D eigenvalue weighted by atomic mass is 19.1. The quantitative estimate of drug-likeness (QED) is 0.814. The van der Waals surface area contributed by atoms with Crippen LogP contribution in [0.4, 0.5) is 4.39 Å². The Hall–Kier alpha value is -1.96. The first-order valence-electron chi connectivity index (χ1n) is 8.42. The summed E-state index contributed by atoms with van der Waals surface area (Å²) >= 11 is 0. The predicted molar refractivity (Wildman–Crippen MR) is 84.3 cm³/mol. The number of halogens is 1. The molecule has 7 nitrogen and oxygen atoms in total. The van der Waals surface area contributed by atoms with Crippen LogP contribution >= 0.6 is 0 Å². The molecule has 24 heavy (non-hydrogen) atoms. The van der Waals surface area contributed by atoms with E-state index in [1.54, 1.807) is 21.8 Å². The van der Waals surface area contributed by atoms with Crippen molar-refractivity contribution in [3.63, 3.8) is 0 Å². The van der Waals surface area contributed by atoms with Crippen LogP contribution in [0.1, 0.15) is 30.3 Å². The molecule has 2 fully saturated rings. The lowest BCUT2D eigenvalue weighted by Gasteiger charge is -2.39. The zero-order chi connectivity index (χ0) is 17.2. The van der Waals surface area contributed by atoms with E-state index in [9.17, 15) is 9.59 Å². The van der Waals surface area contributed by atoms with E-state index < -0.39 is 11.6 Å². The first-order valence-corrected chi connectivity index (χ1v) is 8.42. The normalized spacial score (nSPS) is 20.9. The monoisotopic (exact) mass is 338 g/mol. The Kier molecular flexibility index (Phi) is 4.84. The Balaban J connectivity index is 1.62. The lowest BCUT2D eigenvalue weighted by atomic mass is 9.91. The van der Waals surface area contributed by atoms with Crippen molar-refractivity contribution in [3.05, 3.63) is 18.0 Å². The fraction of sp³-hybridized carbons (Fsp3) is 0.688. The molecule has 0 aromatic carbocycles. The highest BCUT2D eigenvalue weighted by Crippen LogP contribution is 2.30. The molecule has 0 aliphatic carbocycles. The van der Waals surface area contributed by atoms with E-state index >= 15 is 4.39 Å². The highest BCUT2D eigenvalue weighted by Gasteiger charge is 2.45. The molecule has 0 atom stereocenters. The fourth-order valence-corrected chi connectivity index (χ4v) is 3.26. The smallest absolute Gasteiger partial charge is 0.272 e. The van der Waals surface area contributed by atoms with Gasteiger partial charge in [-0.05, 0) is 13.0 Å². The van der Waals surface area contributed by atoms with E-state index in [0.29, 0.717) is 38.5 Å². The lowest BCUT2D eigenvalue weighted by molar-refractivity contribution is -0.151. The van der Waals surface area contributed by atoms with E-state index in [-0.39, 0.29) is 31.8 Å². The molecule has 132 valence electrons. The van der Waals surface area contributed by atoms with Gasteiger partial charge in [-0.15, -0.1) is 0 Å². The van der Waals surface area contributed by atoms with Gasteiger partial charge in [0.05, 0.1) is 13.2 Å². The minimum atomic E-state index is -1.88. The van der Waals surface area contributed by atoms with Crippen LogP contribution in [0.25, 0.3) is 0 Å². The Labute approximate surface area is 140 Å². The second-order valence-corrected chi connectivity index (χ2v) is 6.19. The molecule has 1 aromatic heterocycles. The summed E-state index contributed by atoms with van der Waals surface area (Å²) in [6.07, 6.45) is 1.66. The van der Waals surface area contributed by atoms with Gasteiger partial charge in [0.1, 0.15) is 5.69 Å². The molecule has 8 heteroatoms. The number of ether oxygens (including phenoxy) is 1. The van der Waals surface area contributed by atoms with Crippen molar-refractivity contribution in [2.45, 2.75) is 32.0 Å². The zero-order valence-electron chi connectivity index (χ0n) is 13.9. The number of hydrogen-bond donors (Lipinski definition) is 0. The fourth-order valence-electron chi connectivity index (χ4n) is 3.26. The number of hydrogen-bond acceptors (Lipinski definition) is 4. The standard InChI is InChI=1S/C16H23FN4O3/c1-2-21-13(3-6-18-21)14(22)19-7-4-16(17,5-8-19)15(23)20-9-11-24-12-10-20/h3,6H,2,4-5,7-12H2,1H3. The second-order valence-electron chi connectivity index (χ2n) is 6.19. The van der Waals surface area contributed by atoms with Crippen molar-refractivity contribution < 1.29 is 18.7 Å². The Morgan fingerprint density at radius 1 is 1.21 bits per heavy atom. The van der Waals surface area contributed by atoms with Gasteiger partial charge in [-0.2, -0.15) is 5.10 Å². The van der Waals surface area contributed by atoms with Crippen molar-refractivity contribution >= 4 is 11.8 Å². The third kappa shape index (κ3) is 3.15. The van der Waals surface area contributed by atoms with Crippen LogP contribution in [0.3, 0.4) is 0 Å². The molecular formula is C16H23FN4O3. The number of rotatable bonds is 3. The Bertz CT molecular complexity index is 604. The molecule has 0 radical (unpaired) electrons. The van der Waals surface area contributed by atoms with Crippen LogP contribution < -0.4 is 0 Å². The second kappa shape index (κ2) is 6.88. The number of morpholine rings is 1. The van der Waals surface area contributed by atoms with Crippen molar-refractivity contribution in [3.8, 4) is 0 Å². The number of carbonyl (C=O) groups is 2. The van der Waals surface area contributed by atoms with Crippen molar-refractivity contribution in [2.75, 3.05) is 39.4 Å². The summed E-state index contributed by atoms with van der Waals surface area (Å²) in [5.41, 5.74) is -1.37. The van der Waals surface area contributed by atoms with Gasteiger partial charge in [-0.1, -0.05) is 0 Å². The van der Waals surface area contributed by atoms with Gasteiger partial charge in [0, 0.05) is 51.8 Å². The van der Waals surface area contributed by atoms with Crippen LogP contribution in [0.5, 0.6) is 0 Å². The molecule has 0 bridgehead atoms. The molecule has 0 unspecified atom stereocenters. The summed E-state index contributed by atoms with van der Waals surface area (Å²) in [5.74, 6) is -0.619. The molecule has 3 heterocycles. The van der Waals surface area contributed by atoms with Gasteiger partial charge in [0.2, 0.25) is 0 Å². The zero-order valence-corrected chi connectivity index (χ0v) is 13.9. The third-order valence-electron chi connectivity index (χ3n) is 4.76. The van der Waals surface area contributed by atoms with E-state index in [0.717, 1.165) is 0 Å². The maximum atomic E-state index is 15.1. The van der Waals surface area contributed by atoms with Crippen LogP contribution in [-0.4, -0.2) is 76.5 Å². The number of alkyl halides is 1. The van der Waals surface area contributed by atoms with E-state index in [1.165, 1.54) is 4.90 Å². The first kappa shape index (κ1) is 16.9. The summed E-state index contributed by atoms with van der Waals surface area (Å²) in [6.45, 7) is 4.76. The molecule has 2 amide bonds. The summed E-state index contributed by atoms with van der Waals surface area (Å²) in [6, 6.07) is 1.67. The average Bonchev–Trinajstić information content (AvgIpc) is 3.10. The molecule has 0 N–H and O–H groups in total.